The van der Waals surface area contributed by atoms with E-state index in [9.17, 15) is 4.79 Å². The number of fused-ring (bicyclic) bond motifs is 5. The van der Waals surface area contributed by atoms with Crippen molar-refractivity contribution in [2.75, 3.05) is 26.9 Å². The Hall–Kier alpha value is -3.21. The molecule has 34 heavy (non-hydrogen) atoms. The molecule has 0 saturated heterocycles. The van der Waals surface area contributed by atoms with Crippen LogP contribution < -0.4 is 14.2 Å². The molecule has 0 N–H and O–H groups in total. The second-order valence-electron chi connectivity index (χ2n) is 10.5. The Labute approximate surface area is 201 Å². The summed E-state index contributed by atoms with van der Waals surface area (Å²) in [6, 6.07) is 12.4. The summed E-state index contributed by atoms with van der Waals surface area (Å²) in [5.41, 5.74) is 6.82. The van der Waals surface area contributed by atoms with Gasteiger partial charge in [-0.2, -0.15) is 0 Å². The van der Waals surface area contributed by atoms with Crippen LogP contribution in [-0.2, 0) is 11.2 Å². The number of hydrogen-bond donors (Lipinski definition) is 0. The quantitative estimate of drug-likeness (QED) is 0.596. The van der Waals surface area contributed by atoms with Crippen LogP contribution in [0.3, 0.4) is 0 Å². The van der Waals surface area contributed by atoms with Gasteiger partial charge < -0.3 is 19.1 Å². The number of ketones is 1. The van der Waals surface area contributed by atoms with Crippen molar-refractivity contribution in [3.63, 3.8) is 0 Å². The number of carbonyl (C=O) groups excluding carboxylic acids is 1. The van der Waals surface area contributed by atoms with Crippen molar-refractivity contribution in [2.45, 2.75) is 45.4 Å². The third kappa shape index (κ3) is 3.49. The lowest BCUT2D eigenvalue weighted by Gasteiger charge is -2.46. The standard InChI is InChI=1S/C29H31NO4/c1-29(2)16-24-28(25(31)17-29)22(18-6-4-7-20(12-18)32-3)14-23-21-15-27-26(33-10-5-11-34-27)13-19(21)8-9-30(23)24/h4,6-7,12-15,22H,5,8-11,16-17H2,1-3H3. The number of methoxy groups -OCH3 is 1. The molecule has 0 spiro atoms. The Kier molecular flexibility index (Phi) is 4.98. The lowest BCUT2D eigenvalue weighted by atomic mass is 9.69. The normalized spacial score (nSPS) is 22.8. The molecule has 2 aromatic rings. The molecular weight excluding hydrogens is 426 g/mol. The first-order valence-corrected chi connectivity index (χ1v) is 12.3. The van der Waals surface area contributed by atoms with Gasteiger partial charge in [-0.25, -0.2) is 0 Å². The third-order valence-electron chi connectivity index (χ3n) is 7.46. The highest BCUT2D eigenvalue weighted by Crippen LogP contribution is 2.51. The average molecular weight is 458 g/mol. The fourth-order valence-electron chi connectivity index (χ4n) is 5.89. The van der Waals surface area contributed by atoms with Crippen molar-refractivity contribution < 1.29 is 19.0 Å². The zero-order valence-corrected chi connectivity index (χ0v) is 20.1. The number of rotatable bonds is 2. The van der Waals surface area contributed by atoms with E-state index < -0.39 is 0 Å². The number of nitrogens with zero attached hydrogens (tertiary/aromatic N) is 1. The molecule has 1 aliphatic carbocycles. The maximum absolute atomic E-state index is 13.6. The van der Waals surface area contributed by atoms with E-state index in [-0.39, 0.29) is 17.1 Å². The van der Waals surface area contributed by atoms with E-state index in [4.69, 9.17) is 14.2 Å². The highest BCUT2D eigenvalue weighted by atomic mass is 16.5. The van der Waals surface area contributed by atoms with Gasteiger partial charge in [0.2, 0.25) is 0 Å². The molecule has 6 rings (SSSR count). The van der Waals surface area contributed by atoms with E-state index in [0.29, 0.717) is 19.6 Å². The SMILES string of the molecule is COc1cccc(C2C=C3c4cc5c(cc4CCN3C3=C2C(=O)CC(C)(C)C3)OCCCO5)c1. The Bertz CT molecular complexity index is 1240. The number of carbonyl (C=O) groups is 1. The summed E-state index contributed by atoms with van der Waals surface area (Å²) in [6.07, 6.45) is 5.56. The summed E-state index contributed by atoms with van der Waals surface area (Å²) < 4.78 is 17.5. The highest BCUT2D eigenvalue weighted by molar-refractivity contribution is 6.01. The van der Waals surface area contributed by atoms with E-state index in [1.165, 1.54) is 22.5 Å². The molecule has 0 aromatic heterocycles. The smallest absolute Gasteiger partial charge is 0.162 e. The Balaban J connectivity index is 1.53. The lowest BCUT2D eigenvalue weighted by Crippen LogP contribution is -2.40. The van der Waals surface area contributed by atoms with E-state index >= 15 is 0 Å². The molecular formula is C29H31NO4. The molecule has 0 saturated carbocycles. The van der Waals surface area contributed by atoms with E-state index in [2.05, 4.69) is 49.1 Å². The lowest BCUT2D eigenvalue weighted by molar-refractivity contribution is -0.118. The molecule has 0 amide bonds. The Morgan fingerprint density at radius 3 is 2.65 bits per heavy atom. The number of benzene rings is 2. The van der Waals surface area contributed by atoms with E-state index in [1.54, 1.807) is 7.11 Å². The predicted octanol–water partition coefficient (Wildman–Crippen LogP) is 5.50. The van der Waals surface area contributed by atoms with E-state index in [0.717, 1.165) is 54.2 Å². The van der Waals surface area contributed by atoms with Gasteiger partial charge in [0.1, 0.15) is 5.75 Å². The molecule has 5 heteroatoms. The molecule has 1 atom stereocenters. The molecule has 3 heterocycles. The first-order valence-electron chi connectivity index (χ1n) is 12.3. The fourth-order valence-corrected chi connectivity index (χ4v) is 5.89. The van der Waals surface area contributed by atoms with Gasteiger partial charge in [-0.15, -0.1) is 0 Å². The maximum atomic E-state index is 13.6. The zero-order chi connectivity index (χ0) is 23.4. The van der Waals surface area contributed by atoms with Gasteiger partial charge in [-0.3, -0.25) is 4.79 Å². The van der Waals surface area contributed by atoms with Gasteiger partial charge in [0, 0.05) is 47.8 Å². The summed E-state index contributed by atoms with van der Waals surface area (Å²) in [7, 11) is 1.68. The van der Waals surface area contributed by atoms with Crippen LogP contribution in [0.2, 0.25) is 0 Å². The van der Waals surface area contributed by atoms with Crippen LogP contribution in [0.5, 0.6) is 17.2 Å². The molecule has 0 bridgehead atoms. The molecule has 176 valence electrons. The molecule has 0 fully saturated rings. The predicted molar refractivity (Wildman–Crippen MR) is 131 cm³/mol. The fraction of sp³-hybridized carbons (Fsp3) is 0.414. The topological polar surface area (TPSA) is 48.0 Å². The Morgan fingerprint density at radius 2 is 1.85 bits per heavy atom. The highest BCUT2D eigenvalue weighted by Gasteiger charge is 2.42. The summed E-state index contributed by atoms with van der Waals surface area (Å²) in [5.74, 6) is 2.64. The van der Waals surface area contributed by atoms with Crippen molar-refractivity contribution in [3.05, 3.63) is 70.4 Å². The molecule has 0 radical (unpaired) electrons. The van der Waals surface area contributed by atoms with Crippen molar-refractivity contribution in [1.82, 2.24) is 4.90 Å². The largest absolute Gasteiger partial charge is 0.497 e. The first kappa shape index (κ1) is 21.3. The van der Waals surface area contributed by atoms with Crippen LogP contribution in [0.4, 0.5) is 0 Å². The van der Waals surface area contributed by atoms with Crippen LogP contribution in [0, 0.1) is 5.41 Å². The average Bonchev–Trinajstić information content (AvgIpc) is 3.06. The van der Waals surface area contributed by atoms with Crippen molar-refractivity contribution >= 4 is 11.5 Å². The Morgan fingerprint density at radius 1 is 1.06 bits per heavy atom. The van der Waals surface area contributed by atoms with Crippen LogP contribution in [0.25, 0.3) is 5.70 Å². The molecule has 1 unspecified atom stereocenters. The van der Waals surface area contributed by atoms with Gasteiger partial charge in [0.05, 0.1) is 20.3 Å². The molecule has 3 aliphatic heterocycles. The number of allylic oxidation sites excluding steroid dienone is 3. The minimum absolute atomic E-state index is 0.0533. The molecule has 4 aliphatic rings. The number of hydrogen-bond acceptors (Lipinski definition) is 5. The van der Waals surface area contributed by atoms with Crippen molar-refractivity contribution in [1.29, 1.82) is 0 Å². The molecule has 2 aromatic carbocycles. The number of ether oxygens (including phenoxy) is 3. The van der Waals surface area contributed by atoms with Crippen LogP contribution in [0.1, 0.15) is 55.7 Å². The van der Waals surface area contributed by atoms with Gasteiger partial charge in [-0.1, -0.05) is 26.0 Å². The third-order valence-corrected chi connectivity index (χ3v) is 7.46. The molecule has 5 nitrogen and oxygen atoms in total. The van der Waals surface area contributed by atoms with Crippen LogP contribution in [-0.4, -0.2) is 37.6 Å². The second-order valence-corrected chi connectivity index (χ2v) is 10.5. The zero-order valence-electron chi connectivity index (χ0n) is 20.1. The number of Topliss-reactive ketones (excluding diaryl/α,β-unsaturated/α-hetero) is 1. The van der Waals surface area contributed by atoms with E-state index in [1.807, 2.05) is 12.1 Å². The summed E-state index contributed by atoms with van der Waals surface area (Å²) in [6.45, 7) is 6.63. The van der Waals surface area contributed by atoms with Gasteiger partial charge in [0.15, 0.2) is 17.3 Å². The van der Waals surface area contributed by atoms with Crippen LogP contribution in [0.15, 0.2) is 53.7 Å². The van der Waals surface area contributed by atoms with Crippen LogP contribution >= 0.6 is 0 Å². The monoisotopic (exact) mass is 457 g/mol. The van der Waals surface area contributed by atoms with Gasteiger partial charge in [0.25, 0.3) is 0 Å². The van der Waals surface area contributed by atoms with Gasteiger partial charge >= 0.3 is 0 Å². The minimum atomic E-state index is -0.0955. The van der Waals surface area contributed by atoms with Crippen molar-refractivity contribution in [2.24, 2.45) is 5.41 Å². The summed E-state index contributed by atoms with van der Waals surface area (Å²) >= 11 is 0. The van der Waals surface area contributed by atoms with Gasteiger partial charge in [-0.05, 0) is 59.7 Å². The first-order chi connectivity index (χ1) is 16.4. The van der Waals surface area contributed by atoms with Crippen molar-refractivity contribution in [3.8, 4) is 17.2 Å². The minimum Gasteiger partial charge on any atom is -0.497 e. The maximum Gasteiger partial charge on any atom is 0.162 e. The second kappa shape index (κ2) is 7.93. The summed E-state index contributed by atoms with van der Waals surface area (Å²) in [4.78, 5) is 16.0. The summed E-state index contributed by atoms with van der Waals surface area (Å²) in [5, 5.41) is 0.